The van der Waals surface area contributed by atoms with Crippen molar-refractivity contribution < 1.29 is 0 Å². The molecule has 0 nitrogen and oxygen atoms in total. The van der Waals surface area contributed by atoms with Gasteiger partial charge in [0.15, 0.2) is 0 Å². The van der Waals surface area contributed by atoms with Crippen molar-refractivity contribution in [2.24, 2.45) is 0 Å². The molecule has 22 heavy (non-hydrogen) atoms. The molecule has 0 heteroatoms. The summed E-state index contributed by atoms with van der Waals surface area (Å²) < 4.78 is 0. The fourth-order valence-electron chi connectivity index (χ4n) is 4.77. The molecule has 0 aromatic heterocycles. The maximum Gasteiger partial charge on any atom is 0.00926 e. The summed E-state index contributed by atoms with van der Waals surface area (Å²) in [5, 5.41) is 3.02. The first kappa shape index (κ1) is 12.5. The van der Waals surface area contributed by atoms with Gasteiger partial charge in [-0.1, -0.05) is 60.7 Å². The molecule has 2 aliphatic carbocycles. The third-order valence-corrected chi connectivity index (χ3v) is 5.76. The maximum absolute atomic E-state index is 2.41. The average Bonchev–Trinajstić information content (AvgIpc) is 2.60. The highest BCUT2D eigenvalue weighted by Crippen LogP contribution is 2.49. The molecule has 2 aliphatic rings. The summed E-state index contributed by atoms with van der Waals surface area (Å²) in [4.78, 5) is 0. The van der Waals surface area contributed by atoms with Gasteiger partial charge >= 0.3 is 0 Å². The first-order valence-electron chi connectivity index (χ1n) is 8.51. The standard InChI is InChI=1S/C22H20/c1-2-5-15(6-3-1)19-13-11-18-10-9-16-7-4-8-17-12-14-20(19)22(18)21(16)17/h1-8,12,14,18-19H,9-11,13H2. The quantitative estimate of drug-likeness (QED) is 0.530. The van der Waals surface area contributed by atoms with E-state index in [1.807, 2.05) is 0 Å². The molecule has 108 valence electrons. The predicted octanol–water partition coefficient (Wildman–Crippen LogP) is 5.80. The predicted molar refractivity (Wildman–Crippen MR) is 92.5 cm³/mol. The Kier molecular flexibility index (Phi) is 2.67. The minimum atomic E-state index is 0.586. The highest BCUT2D eigenvalue weighted by Gasteiger charge is 2.32. The van der Waals surface area contributed by atoms with Crippen LogP contribution in [0.25, 0.3) is 10.8 Å². The minimum absolute atomic E-state index is 0.586. The third kappa shape index (κ3) is 1.70. The molecule has 0 N–H and O–H groups in total. The van der Waals surface area contributed by atoms with E-state index in [0.717, 1.165) is 5.92 Å². The molecule has 0 spiro atoms. The highest BCUT2D eigenvalue weighted by atomic mass is 14.4. The fraction of sp³-hybridized carbons (Fsp3) is 0.273. The second-order valence-corrected chi connectivity index (χ2v) is 6.86. The molecule has 3 aromatic rings. The lowest BCUT2D eigenvalue weighted by molar-refractivity contribution is 0.488. The van der Waals surface area contributed by atoms with Crippen molar-refractivity contribution in [2.45, 2.75) is 37.5 Å². The van der Waals surface area contributed by atoms with Crippen LogP contribution in [0.4, 0.5) is 0 Å². The average molecular weight is 284 g/mol. The fourth-order valence-corrected chi connectivity index (χ4v) is 4.77. The SMILES string of the molecule is c1ccc(C2CCC3CCc4cccc5ccc2c3c45)cc1. The van der Waals surface area contributed by atoms with Crippen LogP contribution in [0, 0.1) is 0 Å². The molecule has 0 saturated heterocycles. The van der Waals surface area contributed by atoms with E-state index in [4.69, 9.17) is 0 Å². The molecular weight excluding hydrogens is 264 g/mol. The Bertz CT molecular complexity index is 845. The lowest BCUT2D eigenvalue weighted by Gasteiger charge is -2.36. The molecule has 0 radical (unpaired) electrons. The van der Waals surface area contributed by atoms with Crippen molar-refractivity contribution in [3.63, 3.8) is 0 Å². The molecule has 0 amide bonds. The Hall–Kier alpha value is -2.08. The van der Waals surface area contributed by atoms with E-state index in [1.54, 1.807) is 22.1 Å². The summed E-state index contributed by atoms with van der Waals surface area (Å²) in [6, 6.07) is 22.7. The Morgan fingerprint density at radius 2 is 1.64 bits per heavy atom. The zero-order valence-corrected chi connectivity index (χ0v) is 12.8. The van der Waals surface area contributed by atoms with Crippen LogP contribution in [-0.2, 0) is 6.42 Å². The van der Waals surface area contributed by atoms with Gasteiger partial charge in [-0.25, -0.2) is 0 Å². The lowest BCUT2D eigenvalue weighted by Crippen LogP contribution is -2.19. The van der Waals surface area contributed by atoms with Gasteiger partial charge in [0.1, 0.15) is 0 Å². The van der Waals surface area contributed by atoms with Gasteiger partial charge in [-0.3, -0.25) is 0 Å². The molecule has 0 bridgehead atoms. The summed E-state index contributed by atoms with van der Waals surface area (Å²) in [5.41, 5.74) is 6.33. The van der Waals surface area contributed by atoms with Crippen LogP contribution >= 0.6 is 0 Å². The van der Waals surface area contributed by atoms with Crippen molar-refractivity contribution in [1.82, 2.24) is 0 Å². The molecular formula is C22H20. The third-order valence-electron chi connectivity index (χ3n) is 5.76. The zero-order valence-electron chi connectivity index (χ0n) is 12.8. The smallest absolute Gasteiger partial charge is 0.00926 e. The van der Waals surface area contributed by atoms with Gasteiger partial charge in [-0.2, -0.15) is 0 Å². The van der Waals surface area contributed by atoms with E-state index in [0.29, 0.717) is 5.92 Å². The van der Waals surface area contributed by atoms with Crippen molar-refractivity contribution >= 4 is 10.8 Å². The Balaban J connectivity index is 1.79. The number of benzene rings is 3. The largest absolute Gasteiger partial charge is 0.0622 e. The molecule has 2 unspecified atom stereocenters. The Labute approximate surface area is 131 Å². The molecule has 2 atom stereocenters. The molecule has 0 fully saturated rings. The van der Waals surface area contributed by atoms with E-state index < -0.39 is 0 Å². The van der Waals surface area contributed by atoms with E-state index >= 15 is 0 Å². The minimum Gasteiger partial charge on any atom is -0.0622 e. The van der Waals surface area contributed by atoms with Crippen LogP contribution in [0.5, 0.6) is 0 Å². The van der Waals surface area contributed by atoms with E-state index in [-0.39, 0.29) is 0 Å². The number of hydrogen-bond donors (Lipinski definition) is 0. The second-order valence-electron chi connectivity index (χ2n) is 6.86. The van der Waals surface area contributed by atoms with Crippen LogP contribution in [0.15, 0.2) is 60.7 Å². The van der Waals surface area contributed by atoms with Gasteiger partial charge in [0.05, 0.1) is 0 Å². The molecule has 0 aliphatic heterocycles. The van der Waals surface area contributed by atoms with Crippen molar-refractivity contribution in [2.75, 3.05) is 0 Å². The van der Waals surface area contributed by atoms with Crippen molar-refractivity contribution in [3.8, 4) is 0 Å². The summed E-state index contributed by atoms with van der Waals surface area (Å²) in [6.07, 6.45) is 5.24. The Morgan fingerprint density at radius 1 is 0.727 bits per heavy atom. The van der Waals surface area contributed by atoms with E-state index in [2.05, 4.69) is 60.7 Å². The van der Waals surface area contributed by atoms with Crippen molar-refractivity contribution in [1.29, 1.82) is 0 Å². The highest BCUT2D eigenvalue weighted by molar-refractivity contribution is 5.91. The van der Waals surface area contributed by atoms with Gasteiger partial charge < -0.3 is 0 Å². The van der Waals surface area contributed by atoms with Gasteiger partial charge in [0.25, 0.3) is 0 Å². The molecule has 3 aromatic carbocycles. The maximum atomic E-state index is 2.41. The van der Waals surface area contributed by atoms with Crippen LogP contribution in [-0.4, -0.2) is 0 Å². The zero-order chi connectivity index (χ0) is 14.5. The molecule has 0 saturated carbocycles. The molecule has 5 rings (SSSR count). The number of rotatable bonds is 1. The van der Waals surface area contributed by atoms with E-state index in [9.17, 15) is 0 Å². The van der Waals surface area contributed by atoms with Gasteiger partial charge in [0.2, 0.25) is 0 Å². The van der Waals surface area contributed by atoms with Gasteiger partial charge in [0, 0.05) is 5.92 Å². The van der Waals surface area contributed by atoms with Gasteiger partial charge in [-0.15, -0.1) is 0 Å². The lowest BCUT2D eigenvalue weighted by atomic mass is 9.68. The van der Waals surface area contributed by atoms with Crippen LogP contribution in [0.2, 0.25) is 0 Å². The van der Waals surface area contributed by atoms with Crippen LogP contribution in [0.3, 0.4) is 0 Å². The van der Waals surface area contributed by atoms with E-state index in [1.165, 1.54) is 36.6 Å². The number of hydrogen-bond acceptors (Lipinski definition) is 0. The van der Waals surface area contributed by atoms with Crippen LogP contribution in [0.1, 0.15) is 53.4 Å². The summed E-state index contributed by atoms with van der Waals surface area (Å²) in [6.45, 7) is 0. The Morgan fingerprint density at radius 3 is 2.55 bits per heavy atom. The summed E-state index contributed by atoms with van der Waals surface area (Å²) in [5.74, 6) is 1.37. The number of aryl methyl sites for hydroxylation is 1. The normalized spacial score (nSPS) is 22.7. The summed E-state index contributed by atoms with van der Waals surface area (Å²) >= 11 is 0. The molecule has 0 heterocycles. The van der Waals surface area contributed by atoms with Gasteiger partial charge in [-0.05, 0) is 64.6 Å². The first-order chi connectivity index (χ1) is 10.9. The monoisotopic (exact) mass is 284 g/mol. The second kappa shape index (κ2) is 4.71. The topological polar surface area (TPSA) is 0 Å². The summed E-state index contributed by atoms with van der Waals surface area (Å²) in [7, 11) is 0. The van der Waals surface area contributed by atoms with Crippen molar-refractivity contribution in [3.05, 3.63) is 82.9 Å². The first-order valence-corrected chi connectivity index (χ1v) is 8.51. The van der Waals surface area contributed by atoms with Crippen LogP contribution < -0.4 is 0 Å².